The normalized spacial score (nSPS) is 17.9. The molecule has 1 saturated carbocycles. The van der Waals surface area contributed by atoms with Gasteiger partial charge in [0.1, 0.15) is 0 Å². The van der Waals surface area contributed by atoms with Gasteiger partial charge in [-0.05, 0) is 42.9 Å². The quantitative estimate of drug-likeness (QED) is 0.618. The zero-order valence-corrected chi connectivity index (χ0v) is 10.6. The average molecular weight is 231 g/mol. The molecule has 0 heterocycles. The lowest BCUT2D eigenvalue weighted by molar-refractivity contribution is 0.734. The topological polar surface area (TPSA) is 50.4 Å². The Morgan fingerprint density at radius 1 is 1.41 bits per heavy atom. The minimum atomic E-state index is 0.460. The van der Waals surface area contributed by atoms with Gasteiger partial charge in [-0.2, -0.15) is 0 Å². The van der Waals surface area contributed by atoms with Crippen molar-refractivity contribution in [3.8, 4) is 0 Å². The minimum Gasteiger partial charge on any atom is -0.370 e. The second-order valence-corrected chi connectivity index (χ2v) is 4.80. The van der Waals surface area contributed by atoms with E-state index in [2.05, 4.69) is 48.4 Å². The van der Waals surface area contributed by atoms with Gasteiger partial charge >= 0.3 is 0 Å². The molecule has 0 spiro atoms. The number of hydrogen-bond acceptors (Lipinski definition) is 1. The van der Waals surface area contributed by atoms with Crippen LogP contribution in [0.25, 0.3) is 0 Å². The molecule has 0 bridgehead atoms. The molecule has 1 aliphatic carbocycles. The maximum atomic E-state index is 5.81. The van der Waals surface area contributed by atoms with Gasteiger partial charge in [0.25, 0.3) is 0 Å². The molecule has 0 saturated heterocycles. The van der Waals surface area contributed by atoms with Crippen molar-refractivity contribution in [3.05, 3.63) is 29.8 Å². The molecular formula is C14H21N3. The van der Waals surface area contributed by atoms with Gasteiger partial charge in [0.05, 0.1) is 6.04 Å². The fraction of sp³-hybridized carbons (Fsp3) is 0.500. The molecule has 3 heteroatoms. The molecule has 92 valence electrons. The predicted octanol–water partition coefficient (Wildman–Crippen LogP) is 3.09. The van der Waals surface area contributed by atoms with Crippen molar-refractivity contribution in [1.29, 1.82) is 0 Å². The van der Waals surface area contributed by atoms with Gasteiger partial charge in [0.15, 0.2) is 5.96 Å². The van der Waals surface area contributed by atoms with Crippen molar-refractivity contribution in [3.63, 3.8) is 0 Å². The largest absolute Gasteiger partial charge is 0.370 e. The second-order valence-electron chi connectivity index (χ2n) is 4.80. The third-order valence-corrected chi connectivity index (χ3v) is 3.23. The van der Waals surface area contributed by atoms with Crippen LogP contribution in [0, 0.1) is 0 Å². The Hall–Kier alpha value is -1.51. The van der Waals surface area contributed by atoms with E-state index in [1.54, 1.807) is 0 Å². The van der Waals surface area contributed by atoms with E-state index in [-0.39, 0.29) is 0 Å². The smallest absolute Gasteiger partial charge is 0.193 e. The average Bonchev–Trinajstić information content (AvgIpc) is 3.12. The third-order valence-electron chi connectivity index (χ3n) is 3.23. The lowest BCUT2D eigenvalue weighted by Crippen LogP contribution is -2.22. The molecule has 1 aromatic carbocycles. The molecule has 17 heavy (non-hydrogen) atoms. The number of nitrogens with zero attached hydrogens (tertiary/aromatic N) is 1. The molecule has 0 aromatic heterocycles. The number of aliphatic imine (C=N–C) groups is 1. The van der Waals surface area contributed by atoms with Gasteiger partial charge < -0.3 is 11.1 Å². The number of hydrogen-bond donors (Lipinski definition) is 2. The van der Waals surface area contributed by atoms with Crippen LogP contribution in [0.15, 0.2) is 29.3 Å². The summed E-state index contributed by atoms with van der Waals surface area (Å²) in [5, 5.41) is 3.13. The zero-order chi connectivity index (χ0) is 12.3. The first-order chi connectivity index (χ1) is 8.19. The van der Waals surface area contributed by atoms with E-state index in [4.69, 9.17) is 5.73 Å². The molecular weight excluding hydrogens is 210 g/mol. The Balaban J connectivity index is 1.97. The molecule has 1 fully saturated rings. The van der Waals surface area contributed by atoms with Gasteiger partial charge in [-0.15, -0.1) is 0 Å². The molecule has 3 N–H and O–H groups in total. The number of rotatable bonds is 4. The molecule has 3 nitrogen and oxygen atoms in total. The van der Waals surface area contributed by atoms with E-state index < -0.39 is 0 Å². The number of anilines is 1. The zero-order valence-electron chi connectivity index (χ0n) is 10.6. The molecule has 1 aromatic rings. The maximum absolute atomic E-state index is 5.81. The molecule has 0 radical (unpaired) electrons. The Morgan fingerprint density at radius 3 is 2.59 bits per heavy atom. The van der Waals surface area contributed by atoms with E-state index in [1.807, 2.05) is 0 Å². The first kappa shape index (κ1) is 12.0. The Bertz CT molecular complexity index is 390. The molecule has 1 aliphatic rings. The number of guanidine groups is 1. The van der Waals surface area contributed by atoms with Crippen LogP contribution in [-0.2, 0) is 0 Å². The van der Waals surface area contributed by atoms with Crippen molar-refractivity contribution >= 4 is 11.6 Å². The van der Waals surface area contributed by atoms with E-state index in [0.717, 1.165) is 12.1 Å². The summed E-state index contributed by atoms with van der Waals surface area (Å²) in [4.78, 5) is 4.34. The van der Waals surface area contributed by atoms with Crippen LogP contribution < -0.4 is 11.1 Å². The van der Waals surface area contributed by atoms with E-state index in [9.17, 15) is 0 Å². The highest BCUT2D eigenvalue weighted by Gasteiger charge is 2.20. The monoisotopic (exact) mass is 231 g/mol. The number of nitrogens with two attached hydrogens (primary N) is 1. The van der Waals surface area contributed by atoms with Crippen molar-refractivity contribution < 1.29 is 0 Å². The second kappa shape index (κ2) is 5.21. The predicted molar refractivity (Wildman–Crippen MR) is 73.4 cm³/mol. The van der Waals surface area contributed by atoms with E-state index in [1.165, 1.54) is 18.4 Å². The number of nitrogens with one attached hydrogen (secondary N) is 1. The Morgan fingerprint density at radius 2 is 2.06 bits per heavy atom. The summed E-state index contributed by atoms with van der Waals surface area (Å²) in [6.07, 6.45) is 3.52. The van der Waals surface area contributed by atoms with Gasteiger partial charge in [0.2, 0.25) is 0 Å². The van der Waals surface area contributed by atoms with Crippen LogP contribution in [0.5, 0.6) is 0 Å². The highest BCUT2D eigenvalue weighted by Crippen LogP contribution is 2.23. The minimum absolute atomic E-state index is 0.460. The lowest BCUT2D eigenvalue weighted by atomic mass is 9.99. The van der Waals surface area contributed by atoms with Crippen molar-refractivity contribution in [2.75, 3.05) is 5.32 Å². The fourth-order valence-electron chi connectivity index (χ4n) is 1.71. The maximum Gasteiger partial charge on any atom is 0.193 e. The first-order valence-electron chi connectivity index (χ1n) is 6.39. The van der Waals surface area contributed by atoms with Gasteiger partial charge in [-0.3, -0.25) is 0 Å². The lowest BCUT2D eigenvalue weighted by Gasteiger charge is -2.10. The molecule has 0 amide bonds. The van der Waals surface area contributed by atoms with E-state index >= 15 is 0 Å². The highest BCUT2D eigenvalue weighted by molar-refractivity contribution is 5.92. The van der Waals surface area contributed by atoms with Crippen molar-refractivity contribution in [2.45, 2.75) is 45.1 Å². The summed E-state index contributed by atoms with van der Waals surface area (Å²) in [6, 6.07) is 8.90. The van der Waals surface area contributed by atoms with Crippen LogP contribution in [0.2, 0.25) is 0 Å². The van der Waals surface area contributed by atoms with Crippen LogP contribution in [-0.4, -0.2) is 12.0 Å². The summed E-state index contributed by atoms with van der Waals surface area (Å²) in [6.45, 7) is 4.45. The molecule has 0 aliphatic heterocycles. The summed E-state index contributed by atoms with van der Waals surface area (Å²) in [5.41, 5.74) is 8.19. The SMILES string of the molecule is CCC(C)c1ccc(NC(N)=NC2CC2)cc1. The van der Waals surface area contributed by atoms with Gasteiger partial charge in [-0.25, -0.2) is 4.99 Å². The Labute approximate surface area is 103 Å². The van der Waals surface area contributed by atoms with Crippen molar-refractivity contribution in [1.82, 2.24) is 0 Å². The summed E-state index contributed by atoms with van der Waals surface area (Å²) in [7, 11) is 0. The summed E-state index contributed by atoms with van der Waals surface area (Å²) >= 11 is 0. The fourth-order valence-corrected chi connectivity index (χ4v) is 1.71. The van der Waals surface area contributed by atoms with Crippen LogP contribution in [0.1, 0.15) is 44.6 Å². The summed E-state index contributed by atoms with van der Waals surface area (Å²) in [5.74, 6) is 1.14. The Kier molecular flexibility index (Phi) is 3.67. The van der Waals surface area contributed by atoms with Gasteiger partial charge in [-0.1, -0.05) is 26.0 Å². The van der Waals surface area contributed by atoms with Gasteiger partial charge in [0, 0.05) is 5.69 Å². The third kappa shape index (κ3) is 3.48. The number of benzene rings is 1. The van der Waals surface area contributed by atoms with E-state index in [0.29, 0.717) is 17.9 Å². The van der Waals surface area contributed by atoms with Crippen LogP contribution >= 0.6 is 0 Å². The standard InChI is InChI=1S/C14H21N3/c1-3-10(2)11-4-6-12(7-5-11)16-14(15)17-13-8-9-13/h4-7,10,13H,3,8-9H2,1-2H3,(H3,15,16,17). The van der Waals surface area contributed by atoms with Crippen LogP contribution in [0.4, 0.5) is 5.69 Å². The molecule has 1 unspecified atom stereocenters. The first-order valence-corrected chi connectivity index (χ1v) is 6.39. The molecule has 2 rings (SSSR count). The molecule has 1 atom stereocenters. The van der Waals surface area contributed by atoms with Crippen LogP contribution in [0.3, 0.4) is 0 Å². The highest BCUT2D eigenvalue weighted by atomic mass is 15.1. The summed E-state index contributed by atoms with van der Waals surface area (Å²) < 4.78 is 0. The van der Waals surface area contributed by atoms with Crippen molar-refractivity contribution in [2.24, 2.45) is 10.7 Å².